The Balaban J connectivity index is -0.00000156. The first-order valence-corrected chi connectivity index (χ1v) is 10.5. The van der Waals surface area contributed by atoms with E-state index in [2.05, 4.69) is 0 Å². The fraction of sp³-hybridized carbons (Fsp3) is 0. The van der Waals surface area contributed by atoms with Crippen LogP contribution in [-0.4, -0.2) is 145 Å². The average Bonchev–Trinajstić information content (AvgIpc) is 2.46. The monoisotopic (exact) mass is 510 g/mol. The van der Waals surface area contributed by atoms with Gasteiger partial charge in [0.25, 0.3) is 20.2 Å². The summed E-state index contributed by atoms with van der Waals surface area (Å²) in [5, 5.41) is -0.242. The first kappa shape index (κ1) is 34.1. The van der Waals surface area contributed by atoms with Crippen LogP contribution in [0.25, 0.3) is 0 Å². The van der Waals surface area contributed by atoms with Gasteiger partial charge in [-0.2, -0.15) is 16.8 Å². The summed E-state index contributed by atoms with van der Waals surface area (Å²) < 4.78 is 78.4. The van der Waals surface area contributed by atoms with Crippen LogP contribution in [0.4, 0.5) is 0 Å². The van der Waals surface area contributed by atoms with E-state index in [4.69, 9.17) is 13.6 Å². The van der Waals surface area contributed by atoms with E-state index in [9.17, 15) is 26.3 Å². The van der Waals surface area contributed by atoms with E-state index < -0.39 is 37.6 Å². The van der Waals surface area contributed by atoms with Crippen LogP contribution in [0.5, 0.6) is 5.75 Å². The maximum absolute atomic E-state index is 12.2. The molecule has 0 fully saturated rings. The van der Waals surface area contributed by atoms with E-state index in [1.54, 1.807) is 0 Å². The van der Waals surface area contributed by atoms with Crippen molar-refractivity contribution in [3.63, 3.8) is 0 Å². The van der Waals surface area contributed by atoms with Crippen molar-refractivity contribution in [3.05, 3.63) is 48.5 Å². The molecule has 0 aromatic heterocycles. The molecule has 0 amide bonds. The second kappa shape index (κ2) is 13.1. The summed E-state index contributed by atoms with van der Waals surface area (Å²) in [5.74, 6) is -0.146. The molecular weight excluding hydrogens is 493 g/mol. The van der Waals surface area contributed by atoms with Gasteiger partial charge < -0.3 is 20.4 Å². The molecule has 11 nitrogen and oxygen atoms in total. The molecule has 28 heavy (non-hydrogen) atoms. The first-order valence-electron chi connectivity index (χ1n) is 6.08. The van der Waals surface area contributed by atoms with Crippen molar-refractivity contribution >= 4 is 136 Å². The summed E-state index contributed by atoms with van der Waals surface area (Å²) in [7, 11) is -13.2. The van der Waals surface area contributed by atoms with Crippen LogP contribution in [0.3, 0.4) is 0 Å². The molecule has 0 aliphatic carbocycles. The predicted molar refractivity (Wildman–Crippen MR) is 104 cm³/mol. The molecule has 0 radical (unpaired) electrons. The predicted octanol–water partition coefficient (Wildman–Crippen LogP) is -1.88. The van der Waals surface area contributed by atoms with Gasteiger partial charge >= 0.3 is 110 Å². The SMILES string of the molecule is O.O.O=P(O)(Oc1ccc(S(=O)(=O)O)cc1)c1ccc(S(=O)(=O)O)cc1.[KH].[KH]. The normalized spacial score (nSPS) is 12.7. The third-order valence-corrected chi connectivity index (χ3v) is 5.96. The number of hydrogen-bond acceptors (Lipinski definition) is 6. The van der Waals surface area contributed by atoms with Crippen molar-refractivity contribution in [3.8, 4) is 5.75 Å². The molecule has 150 valence electrons. The van der Waals surface area contributed by atoms with Crippen LogP contribution in [0.15, 0.2) is 58.3 Å². The van der Waals surface area contributed by atoms with Crippen LogP contribution in [-0.2, 0) is 24.8 Å². The molecule has 2 aromatic carbocycles. The van der Waals surface area contributed by atoms with Gasteiger partial charge in [-0.05, 0) is 48.5 Å². The Morgan fingerprint density at radius 2 is 1.04 bits per heavy atom. The summed E-state index contributed by atoms with van der Waals surface area (Å²) in [6.07, 6.45) is 0. The molecule has 0 bridgehead atoms. The molecule has 1 atom stereocenters. The quantitative estimate of drug-likeness (QED) is 0.232. The minimum atomic E-state index is -4.44. The van der Waals surface area contributed by atoms with E-state index in [-0.39, 0.29) is 125 Å². The average molecular weight is 511 g/mol. The number of benzene rings is 2. The van der Waals surface area contributed by atoms with Crippen molar-refractivity contribution in [1.82, 2.24) is 0 Å². The van der Waals surface area contributed by atoms with E-state index in [0.717, 1.165) is 48.5 Å². The fourth-order valence-electron chi connectivity index (χ4n) is 1.67. The molecular formula is C12H17K2O11PS2. The molecule has 0 aliphatic rings. The second-order valence-electron chi connectivity index (χ2n) is 4.53. The van der Waals surface area contributed by atoms with Crippen molar-refractivity contribution in [2.24, 2.45) is 0 Å². The van der Waals surface area contributed by atoms with Gasteiger partial charge in [-0.1, -0.05) is 0 Å². The van der Waals surface area contributed by atoms with Crippen molar-refractivity contribution < 1.29 is 50.9 Å². The zero-order valence-electron chi connectivity index (χ0n) is 12.7. The molecule has 1 unspecified atom stereocenters. The molecule has 2 rings (SSSR count). The van der Waals surface area contributed by atoms with Crippen molar-refractivity contribution in [2.75, 3.05) is 0 Å². The Hall–Kier alpha value is 1.44. The van der Waals surface area contributed by atoms with E-state index in [1.807, 2.05) is 0 Å². The third-order valence-electron chi connectivity index (χ3n) is 2.81. The molecule has 0 saturated carbocycles. The first-order chi connectivity index (χ1) is 10.9. The number of rotatable bonds is 5. The zero-order chi connectivity index (χ0) is 18.2. The Morgan fingerprint density at radius 3 is 1.36 bits per heavy atom. The van der Waals surface area contributed by atoms with Gasteiger partial charge in [0.1, 0.15) is 5.75 Å². The number of hydrogen-bond donors (Lipinski definition) is 3. The molecule has 0 aliphatic heterocycles. The molecule has 7 N–H and O–H groups in total. The topological polar surface area (TPSA) is 218 Å². The molecule has 0 saturated heterocycles. The van der Waals surface area contributed by atoms with Crippen LogP contribution in [0.1, 0.15) is 0 Å². The van der Waals surface area contributed by atoms with Gasteiger partial charge in [0.15, 0.2) is 0 Å². The Kier molecular flexibility index (Phi) is 15.9. The molecule has 0 heterocycles. The Morgan fingerprint density at radius 1 is 0.714 bits per heavy atom. The molecule has 16 heteroatoms. The van der Waals surface area contributed by atoms with Gasteiger partial charge in [0.2, 0.25) is 0 Å². The minimum absolute atomic E-state index is 0. The molecule has 0 spiro atoms. The van der Waals surface area contributed by atoms with Gasteiger partial charge in [-0.15, -0.1) is 0 Å². The summed E-state index contributed by atoms with van der Waals surface area (Å²) in [6, 6.07) is 7.94. The maximum atomic E-state index is 12.2. The van der Waals surface area contributed by atoms with Crippen molar-refractivity contribution in [2.45, 2.75) is 9.79 Å². The summed E-state index contributed by atoms with van der Waals surface area (Å²) in [4.78, 5) is 9.04. The van der Waals surface area contributed by atoms with Crippen LogP contribution in [0.2, 0.25) is 0 Å². The van der Waals surface area contributed by atoms with Gasteiger partial charge in [0.05, 0.1) is 15.1 Å². The standard InChI is InChI=1S/C12H11O9PS2.2K.2H2O.2H/c13-22(14,10-3-7-12(8-4-10)24(18,19)20)21-9-1-5-11(6-2-9)23(15,16)17;;;;;;/h1-8H,(H,13,14)(H,15,16,17)(H,18,19,20);;;2*1H2;;. The van der Waals surface area contributed by atoms with Crippen LogP contribution in [0, 0.1) is 0 Å². The Bertz CT molecular complexity index is 1010. The van der Waals surface area contributed by atoms with Crippen molar-refractivity contribution in [1.29, 1.82) is 0 Å². The van der Waals surface area contributed by atoms with E-state index in [0.29, 0.717) is 0 Å². The third kappa shape index (κ3) is 9.71. The van der Waals surface area contributed by atoms with Crippen LogP contribution < -0.4 is 9.83 Å². The van der Waals surface area contributed by atoms with Gasteiger partial charge in [-0.25, -0.2) is 4.57 Å². The summed E-state index contributed by atoms with van der Waals surface area (Å²) >= 11 is 0. The summed E-state index contributed by atoms with van der Waals surface area (Å²) in [6.45, 7) is 0. The second-order valence-corrected chi connectivity index (χ2v) is 9.11. The zero-order valence-corrected chi connectivity index (χ0v) is 15.2. The van der Waals surface area contributed by atoms with E-state index in [1.165, 1.54) is 0 Å². The molecule has 2 aromatic rings. The Labute approximate surface area is 246 Å². The summed E-state index contributed by atoms with van der Waals surface area (Å²) in [5.41, 5.74) is 0. The fourth-order valence-corrected chi connectivity index (χ4v) is 3.67. The van der Waals surface area contributed by atoms with Gasteiger partial charge in [0, 0.05) is 0 Å². The van der Waals surface area contributed by atoms with E-state index >= 15 is 0 Å². The van der Waals surface area contributed by atoms with Gasteiger partial charge in [-0.3, -0.25) is 9.11 Å². The van der Waals surface area contributed by atoms with Crippen LogP contribution >= 0.6 is 7.60 Å².